The molecule has 3 heteroatoms. The molecule has 0 spiro atoms. The largest absolute Gasteiger partial charge is 0.481 e. The van der Waals surface area contributed by atoms with Gasteiger partial charge >= 0.3 is 5.97 Å². The first-order chi connectivity index (χ1) is 5.42. The summed E-state index contributed by atoms with van der Waals surface area (Å²) in [4.78, 5) is 10.1. The minimum absolute atomic E-state index is 0.242. The molecule has 0 bridgehead atoms. The molecular formula is C9H18O3. The Labute approximate surface area is 73.4 Å². The van der Waals surface area contributed by atoms with Crippen molar-refractivity contribution in [1.29, 1.82) is 0 Å². The maximum atomic E-state index is 10.1. The first-order valence-corrected chi connectivity index (χ1v) is 4.36. The Bertz CT molecular complexity index is 135. The maximum Gasteiger partial charge on any atom is 0.303 e. The second-order valence-electron chi connectivity index (χ2n) is 3.77. The summed E-state index contributed by atoms with van der Waals surface area (Å²) in [6.07, 6.45) is 3.48. The van der Waals surface area contributed by atoms with E-state index < -0.39 is 11.6 Å². The van der Waals surface area contributed by atoms with Crippen molar-refractivity contribution in [3.8, 4) is 0 Å². The third-order valence-electron chi connectivity index (χ3n) is 1.68. The van der Waals surface area contributed by atoms with E-state index in [9.17, 15) is 9.90 Å². The highest BCUT2D eigenvalue weighted by molar-refractivity contribution is 5.66. The minimum atomic E-state index is -0.738. The zero-order chi connectivity index (χ0) is 9.61. The van der Waals surface area contributed by atoms with Crippen molar-refractivity contribution in [3.05, 3.63) is 0 Å². The average molecular weight is 174 g/mol. The van der Waals surface area contributed by atoms with Crippen molar-refractivity contribution in [2.75, 3.05) is 0 Å². The van der Waals surface area contributed by atoms with Gasteiger partial charge in [0.25, 0.3) is 0 Å². The van der Waals surface area contributed by atoms with Gasteiger partial charge in [-0.15, -0.1) is 0 Å². The fourth-order valence-electron chi connectivity index (χ4n) is 1.01. The second-order valence-corrected chi connectivity index (χ2v) is 3.77. The molecule has 0 aromatic rings. The average Bonchev–Trinajstić information content (AvgIpc) is 1.83. The Kier molecular flexibility index (Phi) is 4.90. The Hall–Kier alpha value is -0.570. The Morgan fingerprint density at radius 1 is 1.25 bits per heavy atom. The summed E-state index contributed by atoms with van der Waals surface area (Å²) < 4.78 is 0. The molecule has 0 aliphatic carbocycles. The Balaban J connectivity index is 3.17. The Morgan fingerprint density at radius 2 is 1.83 bits per heavy atom. The number of carboxylic acids is 1. The van der Waals surface area contributed by atoms with Gasteiger partial charge < -0.3 is 10.2 Å². The lowest BCUT2D eigenvalue weighted by atomic mass is 10.0. The number of aliphatic hydroxyl groups is 1. The zero-order valence-corrected chi connectivity index (χ0v) is 7.84. The highest BCUT2D eigenvalue weighted by Crippen LogP contribution is 2.13. The molecule has 0 saturated heterocycles. The van der Waals surface area contributed by atoms with Crippen LogP contribution in [0.15, 0.2) is 0 Å². The summed E-state index contributed by atoms with van der Waals surface area (Å²) >= 11 is 0. The first-order valence-electron chi connectivity index (χ1n) is 4.36. The van der Waals surface area contributed by atoms with E-state index in [1.165, 1.54) is 0 Å². The molecule has 0 heterocycles. The molecule has 0 rings (SSSR count). The fraction of sp³-hybridized carbons (Fsp3) is 0.889. The van der Waals surface area contributed by atoms with Gasteiger partial charge in [-0.1, -0.05) is 12.8 Å². The molecule has 0 radical (unpaired) electrons. The van der Waals surface area contributed by atoms with Gasteiger partial charge in [-0.05, 0) is 26.7 Å². The van der Waals surface area contributed by atoms with Gasteiger partial charge in [0.1, 0.15) is 0 Å². The lowest BCUT2D eigenvalue weighted by Gasteiger charge is -2.15. The van der Waals surface area contributed by atoms with Gasteiger partial charge in [0.15, 0.2) is 0 Å². The van der Waals surface area contributed by atoms with Crippen LogP contribution >= 0.6 is 0 Å². The van der Waals surface area contributed by atoms with Crippen molar-refractivity contribution in [2.24, 2.45) is 0 Å². The van der Waals surface area contributed by atoms with Gasteiger partial charge in [-0.2, -0.15) is 0 Å². The van der Waals surface area contributed by atoms with E-state index in [-0.39, 0.29) is 6.42 Å². The van der Waals surface area contributed by atoms with Crippen LogP contribution in [0.3, 0.4) is 0 Å². The summed E-state index contributed by atoms with van der Waals surface area (Å²) in [5, 5.41) is 17.6. The number of hydrogen-bond acceptors (Lipinski definition) is 2. The third-order valence-corrected chi connectivity index (χ3v) is 1.68. The molecule has 0 unspecified atom stereocenters. The van der Waals surface area contributed by atoms with E-state index in [2.05, 4.69) is 0 Å². The molecule has 0 atom stereocenters. The van der Waals surface area contributed by atoms with Crippen molar-refractivity contribution in [1.82, 2.24) is 0 Å². The monoisotopic (exact) mass is 174 g/mol. The van der Waals surface area contributed by atoms with Crippen molar-refractivity contribution in [3.63, 3.8) is 0 Å². The van der Waals surface area contributed by atoms with E-state index >= 15 is 0 Å². The number of rotatable bonds is 6. The predicted octanol–water partition coefficient (Wildman–Crippen LogP) is 1.79. The molecule has 0 aliphatic rings. The van der Waals surface area contributed by atoms with Crippen LogP contribution in [0.2, 0.25) is 0 Å². The van der Waals surface area contributed by atoms with Gasteiger partial charge in [-0.25, -0.2) is 0 Å². The minimum Gasteiger partial charge on any atom is -0.481 e. The highest BCUT2D eigenvalue weighted by Gasteiger charge is 2.10. The maximum absolute atomic E-state index is 10.1. The van der Waals surface area contributed by atoms with Crippen molar-refractivity contribution in [2.45, 2.75) is 51.6 Å². The van der Waals surface area contributed by atoms with Gasteiger partial charge in [0, 0.05) is 6.42 Å². The summed E-state index contributed by atoms with van der Waals surface area (Å²) in [5.74, 6) is -0.738. The molecule has 3 nitrogen and oxygen atoms in total. The number of aliphatic carboxylic acids is 1. The summed E-state index contributed by atoms with van der Waals surface area (Å²) in [5.41, 5.74) is -0.608. The fourth-order valence-corrected chi connectivity index (χ4v) is 1.01. The highest BCUT2D eigenvalue weighted by atomic mass is 16.4. The molecule has 0 fully saturated rings. The van der Waals surface area contributed by atoms with E-state index in [0.717, 1.165) is 19.3 Å². The lowest BCUT2D eigenvalue weighted by Crippen LogP contribution is -2.17. The van der Waals surface area contributed by atoms with Crippen LogP contribution < -0.4 is 0 Å². The van der Waals surface area contributed by atoms with Crippen LogP contribution in [0, 0.1) is 0 Å². The molecule has 0 aromatic carbocycles. The molecule has 12 heavy (non-hydrogen) atoms. The number of hydrogen-bond donors (Lipinski definition) is 2. The van der Waals surface area contributed by atoms with E-state index in [4.69, 9.17) is 5.11 Å². The first kappa shape index (κ1) is 11.4. The number of carboxylic acid groups (broad SMARTS) is 1. The van der Waals surface area contributed by atoms with Crippen molar-refractivity contribution < 1.29 is 15.0 Å². The molecule has 0 aromatic heterocycles. The van der Waals surface area contributed by atoms with Gasteiger partial charge in [0.2, 0.25) is 0 Å². The quantitative estimate of drug-likeness (QED) is 0.603. The lowest BCUT2D eigenvalue weighted by molar-refractivity contribution is -0.137. The molecule has 72 valence electrons. The van der Waals surface area contributed by atoms with Crippen LogP contribution in [0.4, 0.5) is 0 Å². The van der Waals surface area contributed by atoms with Crippen LogP contribution in [0.5, 0.6) is 0 Å². The molecule has 0 aliphatic heterocycles. The van der Waals surface area contributed by atoms with E-state index in [1.54, 1.807) is 13.8 Å². The van der Waals surface area contributed by atoms with Crippen LogP contribution in [0.1, 0.15) is 46.0 Å². The van der Waals surface area contributed by atoms with E-state index in [1.807, 2.05) is 0 Å². The van der Waals surface area contributed by atoms with E-state index in [0.29, 0.717) is 6.42 Å². The van der Waals surface area contributed by atoms with Gasteiger partial charge in [0.05, 0.1) is 5.60 Å². The summed E-state index contributed by atoms with van der Waals surface area (Å²) in [6.45, 7) is 3.54. The van der Waals surface area contributed by atoms with Crippen LogP contribution in [-0.4, -0.2) is 21.8 Å². The van der Waals surface area contributed by atoms with Gasteiger partial charge in [-0.3, -0.25) is 4.79 Å². The zero-order valence-electron chi connectivity index (χ0n) is 7.84. The summed E-state index contributed by atoms with van der Waals surface area (Å²) in [6, 6.07) is 0. The molecule has 0 amide bonds. The normalized spacial score (nSPS) is 11.6. The SMILES string of the molecule is CC(C)(O)CCCCCC(=O)O. The Morgan fingerprint density at radius 3 is 2.25 bits per heavy atom. The molecular weight excluding hydrogens is 156 g/mol. The van der Waals surface area contributed by atoms with Crippen LogP contribution in [0.25, 0.3) is 0 Å². The molecule has 0 saturated carbocycles. The third kappa shape index (κ3) is 9.43. The number of carbonyl (C=O) groups is 1. The topological polar surface area (TPSA) is 57.5 Å². The van der Waals surface area contributed by atoms with Crippen molar-refractivity contribution >= 4 is 5.97 Å². The van der Waals surface area contributed by atoms with Crippen LogP contribution in [-0.2, 0) is 4.79 Å². The predicted molar refractivity (Wildman–Crippen MR) is 47.0 cm³/mol. The molecule has 2 N–H and O–H groups in total. The second kappa shape index (κ2) is 5.14. The number of unbranched alkanes of at least 4 members (excludes halogenated alkanes) is 2. The summed E-state index contributed by atoms with van der Waals surface area (Å²) in [7, 11) is 0. The standard InChI is InChI=1S/C9H18O3/c1-9(2,12)7-5-3-4-6-8(10)11/h12H,3-7H2,1-2H3,(H,10,11). The smallest absolute Gasteiger partial charge is 0.303 e.